The number of ether oxygens (including phenoxy) is 1. The SMILES string of the molecule is I[C@H](c1ccccc1)C1CCOCC1. The minimum atomic E-state index is 0.651. The second-order valence-electron chi connectivity index (χ2n) is 3.76. The molecule has 2 heteroatoms. The minimum absolute atomic E-state index is 0.651. The number of benzene rings is 1. The lowest BCUT2D eigenvalue weighted by Crippen LogP contribution is -2.19. The first kappa shape index (κ1) is 10.4. The fourth-order valence-electron chi connectivity index (χ4n) is 1.92. The normalized spacial score (nSPS) is 20.6. The predicted octanol–water partition coefficient (Wildman–Crippen LogP) is 3.59. The summed E-state index contributed by atoms with van der Waals surface area (Å²) < 4.78 is 6.03. The first-order chi connectivity index (χ1) is 6.88. The van der Waals surface area contributed by atoms with Gasteiger partial charge in [-0.1, -0.05) is 52.9 Å². The standard InChI is InChI=1S/C12H15IO/c13-12(10-4-2-1-3-5-10)11-6-8-14-9-7-11/h1-5,11-12H,6-9H2/t12-/m1/s1. The Kier molecular flexibility index (Phi) is 3.81. The Hall–Kier alpha value is -0.0900. The van der Waals surface area contributed by atoms with Crippen LogP contribution < -0.4 is 0 Å². The molecule has 14 heavy (non-hydrogen) atoms. The van der Waals surface area contributed by atoms with Crippen molar-refractivity contribution in [1.82, 2.24) is 0 Å². The summed E-state index contributed by atoms with van der Waals surface area (Å²) in [4.78, 5) is 0. The largest absolute Gasteiger partial charge is 0.381 e. The molecular formula is C12H15IO. The van der Waals surface area contributed by atoms with Gasteiger partial charge in [0.05, 0.1) is 0 Å². The van der Waals surface area contributed by atoms with Crippen LogP contribution in [0, 0.1) is 5.92 Å². The molecule has 76 valence electrons. The first-order valence-electron chi connectivity index (χ1n) is 5.14. The summed E-state index contributed by atoms with van der Waals surface area (Å²) in [6.07, 6.45) is 2.42. The van der Waals surface area contributed by atoms with Crippen LogP contribution in [0.25, 0.3) is 0 Å². The molecule has 1 aromatic carbocycles. The maximum absolute atomic E-state index is 5.38. The van der Waals surface area contributed by atoms with Gasteiger partial charge >= 0.3 is 0 Å². The summed E-state index contributed by atoms with van der Waals surface area (Å²) >= 11 is 2.57. The van der Waals surface area contributed by atoms with E-state index in [-0.39, 0.29) is 0 Å². The highest BCUT2D eigenvalue weighted by atomic mass is 127. The van der Waals surface area contributed by atoms with Crippen molar-refractivity contribution in [3.63, 3.8) is 0 Å². The van der Waals surface area contributed by atoms with Crippen molar-refractivity contribution in [3.05, 3.63) is 35.9 Å². The Morgan fingerprint density at radius 3 is 2.43 bits per heavy atom. The van der Waals surface area contributed by atoms with Crippen LogP contribution in [-0.2, 0) is 4.74 Å². The second kappa shape index (κ2) is 5.12. The van der Waals surface area contributed by atoms with E-state index < -0.39 is 0 Å². The van der Waals surface area contributed by atoms with Crippen molar-refractivity contribution in [1.29, 1.82) is 0 Å². The van der Waals surface area contributed by atoms with Crippen molar-refractivity contribution in [3.8, 4) is 0 Å². The number of hydrogen-bond acceptors (Lipinski definition) is 1. The monoisotopic (exact) mass is 302 g/mol. The van der Waals surface area contributed by atoms with Gasteiger partial charge in [-0.05, 0) is 24.3 Å². The van der Waals surface area contributed by atoms with Crippen molar-refractivity contribution < 1.29 is 4.74 Å². The zero-order chi connectivity index (χ0) is 9.80. The van der Waals surface area contributed by atoms with E-state index in [1.807, 2.05) is 0 Å². The van der Waals surface area contributed by atoms with Crippen molar-refractivity contribution >= 4 is 22.6 Å². The molecule has 1 atom stereocenters. The lowest BCUT2D eigenvalue weighted by molar-refractivity contribution is 0.0669. The van der Waals surface area contributed by atoms with Crippen LogP contribution in [0.3, 0.4) is 0 Å². The molecule has 0 saturated carbocycles. The average Bonchev–Trinajstić information content (AvgIpc) is 2.30. The van der Waals surface area contributed by atoms with E-state index >= 15 is 0 Å². The molecule has 0 unspecified atom stereocenters. The number of hydrogen-bond donors (Lipinski definition) is 0. The molecule has 0 radical (unpaired) electrons. The molecule has 1 aliphatic heterocycles. The van der Waals surface area contributed by atoms with Gasteiger partial charge in [-0.25, -0.2) is 0 Å². The van der Waals surface area contributed by atoms with E-state index in [4.69, 9.17) is 4.74 Å². The molecule has 0 aliphatic carbocycles. The van der Waals surface area contributed by atoms with Gasteiger partial charge in [0.15, 0.2) is 0 Å². The minimum Gasteiger partial charge on any atom is -0.381 e. The Labute approximate surface area is 99.0 Å². The van der Waals surface area contributed by atoms with E-state index in [1.165, 1.54) is 18.4 Å². The van der Waals surface area contributed by atoms with Crippen LogP contribution in [0.15, 0.2) is 30.3 Å². The molecule has 1 heterocycles. The Morgan fingerprint density at radius 2 is 1.79 bits per heavy atom. The average molecular weight is 302 g/mol. The second-order valence-corrected chi connectivity index (χ2v) is 5.10. The smallest absolute Gasteiger partial charge is 0.0469 e. The van der Waals surface area contributed by atoms with Crippen LogP contribution in [-0.4, -0.2) is 13.2 Å². The highest BCUT2D eigenvalue weighted by Gasteiger charge is 2.22. The molecule has 0 bridgehead atoms. The first-order valence-corrected chi connectivity index (χ1v) is 6.39. The quantitative estimate of drug-likeness (QED) is 0.599. The van der Waals surface area contributed by atoms with Crippen molar-refractivity contribution in [2.45, 2.75) is 16.8 Å². The summed E-state index contributed by atoms with van der Waals surface area (Å²) in [6, 6.07) is 10.8. The lowest BCUT2D eigenvalue weighted by atomic mass is 9.92. The fourth-order valence-corrected chi connectivity index (χ4v) is 3.05. The van der Waals surface area contributed by atoms with E-state index in [2.05, 4.69) is 52.9 Å². The van der Waals surface area contributed by atoms with E-state index in [0.29, 0.717) is 3.92 Å². The molecule has 2 rings (SSSR count). The van der Waals surface area contributed by atoms with E-state index in [0.717, 1.165) is 19.1 Å². The molecule has 0 N–H and O–H groups in total. The third kappa shape index (κ3) is 2.48. The van der Waals surface area contributed by atoms with Crippen molar-refractivity contribution in [2.75, 3.05) is 13.2 Å². The van der Waals surface area contributed by atoms with Gasteiger partial charge in [0.2, 0.25) is 0 Å². The third-order valence-electron chi connectivity index (χ3n) is 2.80. The van der Waals surface area contributed by atoms with Gasteiger partial charge in [0.25, 0.3) is 0 Å². The van der Waals surface area contributed by atoms with Crippen LogP contribution in [0.5, 0.6) is 0 Å². The summed E-state index contributed by atoms with van der Waals surface area (Å²) in [5.41, 5.74) is 1.46. The predicted molar refractivity (Wildman–Crippen MR) is 66.7 cm³/mol. The number of rotatable bonds is 2. The van der Waals surface area contributed by atoms with Crippen LogP contribution >= 0.6 is 22.6 Å². The Bertz CT molecular complexity index is 267. The molecular weight excluding hydrogens is 287 g/mol. The molecule has 1 fully saturated rings. The van der Waals surface area contributed by atoms with E-state index in [1.54, 1.807) is 0 Å². The zero-order valence-electron chi connectivity index (χ0n) is 8.16. The molecule has 1 aromatic rings. The molecule has 1 nitrogen and oxygen atoms in total. The van der Waals surface area contributed by atoms with Crippen molar-refractivity contribution in [2.24, 2.45) is 5.92 Å². The Morgan fingerprint density at radius 1 is 1.14 bits per heavy atom. The van der Waals surface area contributed by atoms with E-state index in [9.17, 15) is 0 Å². The maximum Gasteiger partial charge on any atom is 0.0469 e. The fraction of sp³-hybridized carbons (Fsp3) is 0.500. The van der Waals surface area contributed by atoms with Gasteiger partial charge in [0, 0.05) is 17.1 Å². The summed E-state index contributed by atoms with van der Waals surface area (Å²) in [5.74, 6) is 0.798. The van der Waals surface area contributed by atoms with Crippen LogP contribution in [0.1, 0.15) is 22.3 Å². The van der Waals surface area contributed by atoms with Gasteiger partial charge < -0.3 is 4.74 Å². The highest BCUT2D eigenvalue weighted by molar-refractivity contribution is 14.1. The zero-order valence-corrected chi connectivity index (χ0v) is 10.3. The van der Waals surface area contributed by atoms with Gasteiger partial charge in [-0.3, -0.25) is 0 Å². The van der Waals surface area contributed by atoms with Crippen LogP contribution in [0.4, 0.5) is 0 Å². The topological polar surface area (TPSA) is 9.23 Å². The molecule has 0 amide bonds. The molecule has 0 spiro atoms. The molecule has 1 aliphatic rings. The summed E-state index contributed by atoms with van der Waals surface area (Å²) in [5, 5.41) is 0. The van der Waals surface area contributed by atoms with Gasteiger partial charge in [-0.15, -0.1) is 0 Å². The van der Waals surface area contributed by atoms with Gasteiger partial charge in [0.1, 0.15) is 0 Å². The lowest BCUT2D eigenvalue weighted by Gasteiger charge is -2.26. The summed E-state index contributed by atoms with van der Waals surface area (Å²) in [7, 11) is 0. The number of alkyl halides is 1. The van der Waals surface area contributed by atoms with Gasteiger partial charge in [-0.2, -0.15) is 0 Å². The molecule has 1 saturated heterocycles. The Balaban J connectivity index is 2.03. The maximum atomic E-state index is 5.38. The highest BCUT2D eigenvalue weighted by Crippen LogP contribution is 2.36. The van der Waals surface area contributed by atoms with Crippen LogP contribution in [0.2, 0.25) is 0 Å². The molecule has 0 aromatic heterocycles. The third-order valence-corrected chi connectivity index (χ3v) is 4.53. The number of halogens is 1. The summed E-state index contributed by atoms with van der Waals surface area (Å²) in [6.45, 7) is 1.88.